The molecule has 0 bridgehead atoms. The molecular formula is C31H38ClN5. The fourth-order valence-electron chi connectivity index (χ4n) is 5.73. The largest absolute Gasteiger partial charge is 0.372 e. The standard InChI is InChI=1S/C31H38ClN5/c1-4-5-6-21(2)36-13-15-37(16-14-36)22(3)23-7-9-27-29(18-23)35-30-19-24(8-10-28(30)31(27)32)25-11-12-34-26(17-25)20-33/h7,9,11-12,17-18,24H,2-6,8,10,13-16,19-20,33H2,1H3. The summed E-state index contributed by atoms with van der Waals surface area (Å²) in [5, 5.41) is 1.88. The van der Waals surface area contributed by atoms with Gasteiger partial charge >= 0.3 is 0 Å². The minimum absolute atomic E-state index is 0.406. The van der Waals surface area contributed by atoms with Gasteiger partial charge in [0.1, 0.15) is 0 Å². The molecule has 0 radical (unpaired) electrons. The van der Waals surface area contributed by atoms with Gasteiger partial charge in [0.05, 0.1) is 16.2 Å². The van der Waals surface area contributed by atoms with Crippen LogP contribution in [-0.4, -0.2) is 45.9 Å². The highest BCUT2D eigenvalue weighted by atomic mass is 35.5. The van der Waals surface area contributed by atoms with Crippen LogP contribution in [-0.2, 0) is 19.4 Å². The molecule has 37 heavy (non-hydrogen) atoms. The Morgan fingerprint density at radius 2 is 1.89 bits per heavy atom. The molecule has 1 aliphatic carbocycles. The number of benzene rings is 1. The van der Waals surface area contributed by atoms with E-state index in [1.807, 2.05) is 6.20 Å². The highest BCUT2D eigenvalue weighted by molar-refractivity contribution is 6.36. The number of halogens is 1. The normalized spacial score (nSPS) is 17.6. The van der Waals surface area contributed by atoms with Crippen molar-refractivity contribution in [1.82, 2.24) is 19.8 Å². The molecule has 1 atom stereocenters. The minimum Gasteiger partial charge on any atom is -0.372 e. The number of nitrogens with two attached hydrogens (primary N) is 1. The van der Waals surface area contributed by atoms with Crippen molar-refractivity contribution in [3.63, 3.8) is 0 Å². The van der Waals surface area contributed by atoms with Crippen LogP contribution < -0.4 is 5.73 Å². The number of allylic oxidation sites excluding steroid dienone is 1. The van der Waals surface area contributed by atoms with Crippen molar-refractivity contribution in [3.8, 4) is 0 Å². The molecule has 3 aromatic rings. The quantitative estimate of drug-likeness (QED) is 0.381. The summed E-state index contributed by atoms with van der Waals surface area (Å²) in [6, 6.07) is 10.7. The average Bonchev–Trinajstić information content (AvgIpc) is 2.95. The van der Waals surface area contributed by atoms with Crippen molar-refractivity contribution in [3.05, 3.63) is 88.5 Å². The first-order chi connectivity index (χ1) is 18.0. The van der Waals surface area contributed by atoms with E-state index in [0.29, 0.717) is 12.5 Å². The molecule has 1 aromatic carbocycles. The molecule has 5 rings (SSSR count). The number of hydrogen-bond acceptors (Lipinski definition) is 5. The van der Waals surface area contributed by atoms with Gasteiger partial charge in [0.15, 0.2) is 0 Å². The molecule has 6 heteroatoms. The highest BCUT2D eigenvalue weighted by Gasteiger charge is 2.25. The summed E-state index contributed by atoms with van der Waals surface area (Å²) in [7, 11) is 0. The van der Waals surface area contributed by atoms with Gasteiger partial charge in [-0.05, 0) is 72.9 Å². The van der Waals surface area contributed by atoms with E-state index in [0.717, 1.165) is 90.4 Å². The van der Waals surface area contributed by atoms with E-state index in [2.05, 4.69) is 65.2 Å². The van der Waals surface area contributed by atoms with E-state index in [4.69, 9.17) is 22.3 Å². The Labute approximate surface area is 226 Å². The summed E-state index contributed by atoms with van der Waals surface area (Å²) in [5.41, 5.74) is 14.8. The van der Waals surface area contributed by atoms with Crippen LogP contribution >= 0.6 is 11.6 Å². The van der Waals surface area contributed by atoms with Gasteiger partial charge in [-0.2, -0.15) is 0 Å². The summed E-state index contributed by atoms with van der Waals surface area (Å²) in [5.74, 6) is 0.406. The van der Waals surface area contributed by atoms with Crippen LogP contribution in [0.15, 0.2) is 55.4 Å². The second-order valence-electron chi connectivity index (χ2n) is 10.4. The van der Waals surface area contributed by atoms with Crippen molar-refractivity contribution < 1.29 is 0 Å². The molecule has 2 aliphatic rings. The zero-order valence-electron chi connectivity index (χ0n) is 22.0. The van der Waals surface area contributed by atoms with Gasteiger partial charge in [-0.3, -0.25) is 9.97 Å². The van der Waals surface area contributed by atoms with Gasteiger partial charge in [-0.25, -0.2) is 0 Å². The van der Waals surface area contributed by atoms with Crippen molar-refractivity contribution in [2.45, 2.75) is 57.9 Å². The van der Waals surface area contributed by atoms with Crippen LogP contribution in [0, 0.1) is 0 Å². The molecule has 0 amide bonds. The topological polar surface area (TPSA) is 58.3 Å². The molecule has 194 valence electrons. The van der Waals surface area contributed by atoms with E-state index >= 15 is 0 Å². The minimum atomic E-state index is 0.406. The lowest BCUT2D eigenvalue weighted by Gasteiger charge is -2.39. The summed E-state index contributed by atoms with van der Waals surface area (Å²) >= 11 is 6.95. The third-order valence-electron chi connectivity index (χ3n) is 8.07. The lowest BCUT2D eigenvalue weighted by atomic mass is 9.82. The van der Waals surface area contributed by atoms with E-state index in [9.17, 15) is 0 Å². The van der Waals surface area contributed by atoms with Crippen molar-refractivity contribution in [2.75, 3.05) is 26.2 Å². The summed E-state index contributed by atoms with van der Waals surface area (Å²) in [6.07, 6.45) is 8.25. The lowest BCUT2D eigenvalue weighted by molar-refractivity contribution is 0.209. The lowest BCUT2D eigenvalue weighted by Crippen LogP contribution is -2.44. The summed E-state index contributed by atoms with van der Waals surface area (Å²) < 4.78 is 0. The molecule has 2 aromatic heterocycles. The van der Waals surface area contributed by atoms with Crippen LogP contribution in [0.25, 0.3) is 16.6 Å². The van der Waals surface area contributed by atoms with E-state index < -0.39 is 0 Å². The Hall–Kier alpha value is -2.89. The molecule has 2 N–H and O–H groups in total. The van der Waals surface area contributed by atoms with E-state index in [-0.39, 0.29) is 0 Å². The number of fused-ring (bicyclic) bond motifs is 2. The first-order valence-electron chi connectivity index (χ1n) is 13.6. The predicted octanol–water partition coefficient (Wildman–Crippen LogP) is 6.31. The Balaban J connectivity index is 1.34. The van der Waals surface area contributed by atoms with E-state index in [1.54, 1.807) is 0 Å². The van der Waals surface area contributed by atoms with Crippen LogP contribution in [0.1, 0.15) is 66.6 Å². The zero-order valence-corrected chi connectivity index (χ0v) is 22.7. The summed E-state index contributed by atoms with van der Waals surface area (Å²) in [4.78, 5) is 14.3. The Kier molecular flexibility index (Phi) is 7.82. The average molecular weight is 516 g/mol. The van der Waals surface area contributed by atoms with Gasteiger partial charge in [-0.1, -0.05) is 50.2 Å². The second-order valence-corrected chi connectivity index (χ2v) is 10.8. The SMILES string of the molecule is C=C(CCCC)N1CCN(C(=C)c2ccc3c(Cl)c4c(nc3c2)CC(c2ccnc(CN)c2)CC4)CC1. The second kappa shape index (κ2) is 11.2. The number of rotatable bonds is 8. The summed E-state index contributed by atoms with van der Waals surface area (Å²) in [6.45, 7) is 15.4. The van der Waals surface area contributed by atoms with Crippen LogP contribution in [0.5, 0.6) is 0 Å². The molecule has 1 aliphatic heterocycles. The molecule has 1 fully saturated rings. The van der Waals surface area contributed by atoms with Crippen LogP contribution in [0.3, 0.4) is 0 Å². The van der Waals surface area contributed by atoms with Gasteiger partial charge in [-0.15, -0.1) is 0 Å². The third kappa shape index (κ3) is 5.39. The fourth-order valence-corrected chi connectivity index (χ4v) is 6.09. The number of piperazine rings is 1. The van der Waals surface area contributed by atoms with Gasteiger partial charge in [0, 0.05) is 61.4 Å². The Morgan fingerprint density at radius 1 is 1.11 bits per heavy atom. The van der Waals surface area contributed by atoms with Gasteiger partial charge in [0.25, 0.3) is 0 Å². The van der Waals surface area contributed by atoms with Crippen molar-refractivity contribution >= 4 is 28.2 Å². The zero-order chi connectivity index (χ0) is 25.9. The molecule has 3 heterocycles. The number of unbranched alkanes of at least 4 members (excludes halogenated alkanes) is 1. The first-order valence-corrected chi connectivity index (χ1v) is 14.0. The maximum atomic E-state index is 6.95. The first kappa shape index (κ1) is 25.7. The fraction of sp³-hybridized carbons (Fsp3) is 0.419. The van der Waals surface area contributed by atoms with Crippen LogP contribution in [0.4, 0.5) is 0 Å². The number of aromatic nitrogens is 2. The molecular weight excluding hydrogens is 478 g/mol. The van der Waals surface area contributed by atoms with Crippen molar-refractivity contribution in [2.24, 2.45) is 5.73 Å². The highest BCUT2D eigenvalue weighted by Crippen LogP contribution is 2.38. The Morgan fingerprint density at radius 3 is 2.65 bits per heavy atom. The monoisotopic (exact) mass is 515 g/mol. The maximum absolute atomic E-state index is 6.95. The number of hydrogen-bond donors (Lipinski definition) is 1. The van der Waals surface area contributed by atoms with Crippen LogP contribution in [0.2, 0.25) is 5.02 Å². The van der Waals surface area contributed by atoms with Gasteiger partial charge < -0.3 is 15.5 Å². The molecule has 0 saturated carbocycles. The molecule has 1 saturated heterocycles. The molecule has 1 unspecified atom stereocenters. The van der Waals surface area contributed by atoms with E-state index in [1.165, 1.54) is 29.7 Å². The number of pyridine rings is 2. The Bertz CT molecular complexity index is 1310. The van der Waals surface area contributed by atoms with Crippen molar-refractivity contribution in [1.29, 1.82) is 0 Å². The molecule has 0 spiro atoms. The third-order valence-corrected chi connectivity index (χ3v) is 8.50. The smallest absolute Gasteiger partial charge is 0.0727 e. The predicted molar refractivity (Wildman–Crippen MR) is 154 cm³/mol. The van der Waals surface area contributed by atoms with Gasteiger partial charge in [0.2, 0.25) is 0 Å². The number of nitrogens with zero attached hydrogens (tertiary/aromatic N) is 4. The maximum Gasteiger partial charge on any atom is 0.0727 e. The molecule has 5 nitrogen and oxygen atoms in total.